The van der Waals surface area contributed by atoms with Gasteiger partial charge < -0.3 is 14.4 Å². The lowest BCUT2D eigenvalue weighted by Gasteiger charge is -2.30. The number of fused-ring (bicyclic) bond motifs is 2. The van der Waals surface area contributed by atoms with E-state index < -0.39 is 0 Å². The highest BCUT2D eigenvalue weighted by Gasteiger charge is 2.24. The molecule has 154 valence electrons. The van der Waals surface area contributed by atoms with Gasteiger partial charge >= 0.3 is 0 Å². The Kier molecular flexibility index (Phi) is 4.91. The van der Waals surface area contributed by atoms with Crippen LogP contribution in [0.1, 0.15) is 36.6 Å². The molecule has 1 atom stereocenters. The van der Waals surface area contributed by atoms with Crippen molar-refractivity contribution in [2.24, 2.45) is 5.92 Å². The third-order valence-corrected chi connectivity index (χ3v) is 6.13. The van der Waals surface area contributed by atoms with Gasteiger partial charge in [-0.3, -0.25) is 14.7 Å². The summed E-state index contributed by atoms with van der Waals surface area (Å²) in [5.41, 5.74) is 3.11. The minimum absolute atomic E-state index is 0.0324. The van der Waals surface area contributed by atoms with E-state index in [1.54, 1.807) is 0 Å². The quantitative estimate of drug-likeness (QED) is 0.837. The topological polar surface area (TPSA) is 70.7 Å². The Balaban J connectivity index is 1.23. The fourth-order valence-electron chi connectivity index (χ4n) is 4.68. The highest BCUT2D eigenvalue weighted by atomic mass is 16.7. The van der Waals surface area contributed by atoms with E-state index in [9.17, 15) is 4.79 Å². The van der Waals surface area contributed by atoms with Gasteiger partial charge in [-0.15, -0.1) is 0 Å². The molecule has 1 saturated heterocycles. The van der Waals surface area contributed by atoms with Crippen molar-refractivity contribution in [1.29, 1.82) is 0 Å². The van der Waals surface area contributed by atoms with Crippen molar-refractivity contribution in [2.75, 3.05) is 37.9 Å². The van der Waals surface area contributed by atoms with E-state index in [4.69, 9.17) is 14.5 Å². The summed E-state index contributed by atoms with van der Waals surface area (Å²) in [7, 11) is 0. The van der Waals surface area contributed by atoms with Crippen LogP contribution >= 0.6 is 0 Å². The number of anilines is 1. The van der Waals surface area contributed by atoms with Gasteiger partial charge in [0.15, 0.2) is 11.5 Å². The zero-order chi connectivity index (χ0) is 19.8. The average Bonchev–Trinajstić information content (AvgIpc) is 3.40. The van der Waals surface area contributed by atoms with E-state index in [1.165, 1.54) is 18.4 Å². The molecule has 1 aromatic heterocycles. The Morgan fingerprint density at radius 3 is 2.86 bits per heavy atom. The summed E-state index contributed by atoms with van der Waals surface area (Å²) in [6, 6.07) is 6.19. The molecule has 29 heavy (non-hydrogen) atoms. The molecule has 0 spiro atoms. The number of ether oxygens (including phenoxy) is 2. The van der Waals surface area contributed by atoms with Crippen LogP contribution in [0.5, 0.6) is 11.5 Å². The van der Waals surface area contributed by atoms with Crippen molar-refractivity contribution >= 4 is 5.95 Å². The maximum Gasteiger partial charge on any atom is 0.257 e. The van der Waals surface area contributed by atoms with Gasteiger partial charge in [-0.1, -0.05) is 13.0 Å². The normalized spacial score (nSPS) is 19.4. The highest BCUT2D eigenvalue weighted by molar-refractivity contribution is 5.44. The van der Waals surface area contributed by atoms with Gasteiger partial charge in [0.2, 0.25) is 12.7 Å². The molecule has 1 N–H and O–H groups in total. The molecular weight excluding hydrogens is 368 g/mol. The first kappa shape index (κ1) is 18.5. The molecule has 4 heterocycles. The minimum Gasteiger partial charge on any atom is -0.454 e. The van der Waals surface area contributed by atoms with Crippen molar-refractivity contribution in [2.45, 2.75) is 39.2 Å². The summed E-state index contributed by atoms with van der Waals surface area (Å²) in [4.78, 5) is 25.1. The van der Waals surface area contributed by atoms with Crippen molar-refractivity contribution in [3.8, 4) is 11.5 Å². The molecule has 0 radical (unpaired) electrons. The molecule has 0 unspecified atom stereocenters. The third-order valence-electron chi connectivity index (χ3n) is 6.13. The summed E-state index contributed by atoms with van der Waals surface area (Å²) in [5.74, 6) is 2.91. The Hall–Kier alpha value is -2.54. The van der Waals surface area contributed by atoms with Crippen LogP contribution in [0.25, 0.3) is 0 Å². The van der Waals surface area contributed by atoms with Crippen LogP contribution in [0.4, 0.5) is 5.95 Å². The monoisotopic (exact) mass is 396 g/mol. The van der Waals surface area contributed by atoms with Crippen LogP contribution in [0.15, 0.2) is 23.0 Å². The number of nitrogens with zero attached hydrogens (tertiary/aromatic N) is 3. The maximum absolute atomic E-state index is 12.7. The number of nitrogens with one attached hydrogen (secondary N) is 1. The van der Waals surface area contributed by atoms with E-state index >= 15 is 0 Å². The van der Waals surface area contributed by atoms with Crippen LogP contribution in [0.3, 0.4) is 0 Å². The number of rotatable bonds is 5. The zero-order valence-electron chi connectivity index (χ0n) is 16.9. The molecule has 7 nitrogen and oxygen atoms in total. The lowest BCUT2D eigenvalue weighted by atomic mass is 9.98. The van der Waals surface area contributed by atoms with Crippen LogP contribution in [0.2, 0.25) is 0 Å². The van der Waals surface area contributed by atoms with Gasteiger partial charge in [0.05, 0.1) is 11.3 Å². The number of H-pyrrole nitrogens is 1. The van der Waals surface area contributed by atoms with Gasteiger partial charge in [-0.2, -0.15) is 0 Å². The van der Waals surface area contributed by atoms with Gasteiger partial charge in [-0.05, 0) is 42.9 Å². The molecular formula is C22H28N4O3. The van der Waals surface area contributed by atoms with Gasteiger partial charge in [0.1, 0.15) is 0 Å². The summed E-state index contributed by atoms with van der Waals surface area (Å²) in [5, 5.41) is 0. The molecule has 3 aliphatic rings. The zero-order valence-corrected chi connectivity index (χ0v) is 16.9. The second-order valence-corrected chi connectivity index (χ2v) is 8.49. The fraction of sp³-hybridized carbons (Fsp3) is 0.545. The van der Waals surface area contributed by atoms with Crippen LogP contribution in [0, 0.1) is 5.92 Å². The molecule has 0 saturated carbocycles. The lowest BCUT2D eigenvalue weighted by Crippen LogP contribution is -2.39. The molecule has 3 aliphatic heterocycles. The number of aromatic nitrogens is 2. The predicted molar refractivity (Wildman–Crippen MR) is 111 cm³/mol. The molecule has 5 rings (SSSR count). The second kappa shape index (κ2) is 7.71. The van der Waals surface area contributed by atoms with Crippen LogP contribution in [-0.2, 0) is 19.4 Å². The minimum atomic E-state index is 0.0324. The summed E-state index contributed by atoms with van der Waals surface area (Å²) < 4.78 is 10.9. The number of aromatic amines is 1. The molecule has 0 bridgehead atoms. The molecule has 0 aliphatic carbocycles. The smallest absolute Gasteiger partial charge is 0.257 e. The average molecular weight is 396 g/mol. The van der Waals surface area contributed by atoms with Crippen LogP contribution < -0.4 is 19.9 Å². The third kappa shape index (κ3) is 3.83. The number of benzene rings is 1. The fourth-order valence-corrected chi connectivity index (χ4v) is 4.68. The van der Waals surface area contributed by atoms with Crippen molar-refractivity contribution in [3.63, 3.8) is 0 Å². The molecule has 0 amide bonds. The maximum atomic E-state index is 12.7. The Morgan fingerprint density at radius 2 is 2.00 bits per heavy atom. The molecule has 7 heteroatoms. The number of hydrogen-bond acceptors (Lipinski definition) is 6. The van der Waals surface area contributed by atoms with Gasteiger partial charge in [0, 0.05) is 39.1 Å². The van der Waals surface area contributed by atoms with E-state index in [-0.39, 0.29) is 5.56 Å². The van der Waals surface area contributed by atoms with E-state index in [1.807, 2.05) is 6.07 Å². The number of hydrogen-bond donors (Lipinski definition) is 1. The standard InChI is InChI=1S/C22H28N4O3/c1-15(10-16-4-5-19-20(11-16)29-14-28-19)12-25-9-6-18-17(13-25)21(27)24-22(23-18)26-7-2-3-8-26/h4-5,11,15H,2-3,6-10,12-14H2,1H3,(H,23,24,27)/t15-/m1/s1. The first-order valence-corrected chi connectivity index (χ1v) is 10.6. The summed E-state index contributed by atoms with van der Waals surface area (Å²) in [6.07, 6.45) is 4.17. The van der Waals surface area contributed by atoms with Crippen molar-refractivity contribution in [1.82, 2.24) is 14.9 Å². The van der Waals surface area contributed by atoms with Gasteiger partial charge in [0.25, 0.3) is 5.56 Å². The first-order chi connectivity index (χ1) is 14.2. The molecule has 1 fully saturated rings. The predicted octanol–water partition coefficient (Wildman–Crippen LogP) is 2.34. The van der Waals surface area contributed by atoms with Gasteiger partial charge in [-0.25, -0.2) is 4.98 Å². The summed E-state index contributed by atoms with van der Waals surface area (Å²) >= 11 is 0. The SMILES string of the molecule is C[C@H](Cc1ccc2c(c1)OCO2)CN1CCc2nc(N3CCCC3)[nH]c(=O)c2C1. The largest absolute Gasteiger partial charge is 0.454 e. The first-order valence-electron chi connectivity index (χ1n) is 10.6. The Labute approximate surface area is 170 Å². The second-order valence-electron chi connectivity index (χ2n) is 8.49. The lowest BCUT2D eigenvalue weighted by molar-refractivity contribution is 0.174. The Morgan fingerprint density at radius 1 is 1.17 bits per heavy atom. The van der Waals surface area contributed by atoms with Crippen molar-refractivity contribution in [3.05, 3.63) is 45.4 Å². The van der Waals surface area contributed by atoms with Crippen LogP contribution in [-0.4, -0.2) is 47.8 Å². The van der Waals surface area contributed by atoms with Crippen molar-refractivity contribution < 1.29 is 9.47 Å². The van der Waals surface area contributed by atoms with E-state index in [0.717, 1.165) is 67.7 Å². The van der Waals surface area contributed by atoms with E-state index in [2.05, 4.69) is 33.8 Å². The Bertz CT molecular complexity index is 952. The molecule has 2 aromatic rings. The summed E-state index contributed by atoms with van der Waals surface area (Å²) in [6.45, 7) is 7.15. The highest BCUT2D eigenvalue weighted by Crippen LogP contribution is 2.33. The molecule has 1 aromatic carbocycles. The van der Waals surface area contributed by atoms with E-state index in [0.29, 0.717) is 19.3 Å².